The number of nitrogens with one attached hydrogen (secondary N) is 2. The fourth-order valence-corrected chi connectivity index (χ4v) is 6.52. The first-order valence-electron chi connectivity index (χ1n) is 14.8. The summed E-state index contributed by atoms with van der Waals surface area (Å²) < 4.78 is 41.1. The van der Waals surface area contributed by atoms with Gasteiger partial charge in [-0.25, -0.2) is 4.98 Å². The van der Waals surface area contributed by atoms with Gasteiger partial charge in [0, 0.05) is 36.2 Å². The Kier molecular flexibility index (Phi) is 9.51. The van der Waals surface area contributed by atoms with Crippen LogP contribution < -0.4 is 16.2 Å². The number of benzene rings is 2. The second kappa shape index (κ2) is 13.0. The number of amides is 2. The number of alkyl halides is 3. The molecule has 2 N–H and O–H groups in total. The van der Waals surface area contributed by atoms with Crippen LogP contribution >= 0.6 is 23.2 Å². The van der Waals surface area contributed by atoms with Crippen molar-refractivity contribution in [1.29, 1.82) is 0 Å². The van der Waals surface area contributed by atoms with Crippen molar-refractivity contribution in [2.45, 2.75) is 76.8 Å². The predicted octanol–water partition coefficient (Wildman–Crippen LogP) is 6.81. The number of rotatable bonds is 6. The number of fused-ring (bicyclic) bond motifs is 1. The van der Waals surface area contributed by atoms with Crippen LogP contribution in [0.3, 0.4) is 0 Å². The molecule has 13 heteroatoms. The average molecular weight is 665 g/mol. The van der Waals surface area contributed by atoms with E-state index in [1.54, 1.807) is 35.6 Å². The van der Waals surface area contributed by atoms with E-state index < -0.39 is 17.8 Å². The first-order chi connectivity index (χ1) is 21.3. The van der Waals surface area contributed by atoms with E-state index in [1.807, 2.05) is 6.92 Å². The summed E-state index contributed by atoms with van der Waals surface area (Å²) in [5.41, 5.74) is 0.922. The second-order valence-electron chi connectivity index (χ2n) is 11.8. The molecule has 1 aromatic heterocycles. The van der Waals surface area contributed by atoms with Crippen molar-refractivity contribution in [2.24, 2.45) is 5.92 Å². The molecule has 1 aliphatic carbocycles. The molecule has 240 valence electrons. The molecule has 2 heterocycles. The first kappa shape index (κ1) is 32.8. The van der Waals surface area contributed by atoms with Crippen LogP contribution in [-0.2, 0) is 23.9 Å². The summed E-state index contributed by atoms with van der Waals surface area (Å²) in [6.45, 7) is 3.73. The Morgan fingerprint density at radius 1 is 1.02 bits per heavy atom. The molecule has 0 bridgehead atoms. The highest BCUT2D eigenvalue weighted by Gasteiger charge is 2.35. The molecule has 3 aromatic rings. The van der Waals surface area contributed by atoms with Crippen LogP contribution in [0.5, 0.6) is 0 Å². The Morgan fingerprint density at radius 2 is 1.69 bits per heavy atom. The van der Waals surface area contributed by atoms with Crippen LogP contribution in [0.15, 0.2) is 47.3 Å². The first-order valence-corrected chi connectivity index (χ1v) is 15.6. The Bertz CT molecular complexity index is 1650. The summed E-state index contributed by atoms with van der Waals surface area (Å²) in [6.07, 6.45) is -1.80. The molecule has 8 nitrogen and oxygen atoms in total. The van der Waals surface area contributed by atoms with Crippen molar-refractivity contribution in [2.75, 3.05) is 12.4 Å². The summed E-state index contributed by atoms with van der Waals surface area (Å²) >= 11 is 12.2. The standard InChI is InChI=1S/C32H34Cl2F3N5O3/c1-17-14-24-27(16-41(17)29(44)21-8-13-25(33)26(34)15-21)40-31(39-18(2)19-4-9-22(10-5-19)32(35,36)37)42(30(24)45)23-11-6-20(7-12-23)28(43)38-3/h4-5,8-10,13,15,17-18,20,23H,6-7,11-12,14,16H2,1-3H3,(H,38,43)(H,39,40)/t17-,18+,20-,23+/m1/s1. The molecule has 1 fully saturated rings. The maximum absolute atomic E-state index is 14.2. The molecule has 0 unspecified atom stereocenters. The van der Waals surface area contributed by atoms with Gasteiger partial charge in [-0.1, -0.05) is 35.3 Å². The average Bonchev–Trinajstić information content (AvgIpc) is 3.01. The van der Waals surface area contributed by atoms with Crippen molar-refractivity contribution in [1.82, 2.24) is 19.8 Å². The van der Waals surface area contributed by atoms with Crippen LogP contribution in [-0.4, -0.2) is 39.4 Å². The quantitative estimate of drug-likeness (QED) is 0.302. The van der Waals surface area contributed by atoms with Gasteiger partial charge in [-0.2, -0.15) is 13.2 Å². The number of carbonyl (C=O) groups excluding carboxylic acids is 2. The molecule has 0 radical (unpaired) electrons. The van der Waals surface area contributed by atoms with E-state index in [-0.39, 0.29) is 59.3 Å². The third-order valence-corrected chi connectivity index (χ3v) is 9.58. The maximum Gasteiger partial charge on any atom is 0.416 e. The van der Waals surface area contributed by atoms with Gasteiger partial charge < -0.3 is 15.5 Å². The van der Waals surface area contributed by atoms with Crippen molar-refractivity contribution < 1.29 is 22.8 Å². The highest BCUT2D eigenvalue weighted by atomic mass is 35.5. The van der Waals surface area contributed by atoms with Crippen molar-refractivity contribution in [3.63, 3.8) is 0 Å². The smallest absolute Gasteiger partial charge is 0.359 e. The van der Waals surface area contributed by atoms with E-state index in [1.165, 1.54) is 18.2 Å². The number of hydrogen-bond donors (Lipinski definition) is 2. The minimum atomic E-state index is -4.46. The van der Waals surface area contributed by atoms with Gasteiger partial charge in [-0.3, -0.25) is 19.0 Å². The number of halogens is 5. The van der Waals surface area contributed by atoms with Crippen LogP contribution in [0.1, 0.15) is 84.4 Å². The lowest BCUT2D eigenvalue weighted by molar-refractivity contribution is -0.137. The largest absolute Gasteiger partial charge is 0.416 e. The lowest BCUT2D eigenvalue weighted by atomic mass is 9.85. The van der Waals surface area contributed by atoms with Crippen LogP contribution in [0.25, 0.3) is 0 Å². The summed E-state index contributed by atoms with van der Waals surface area (Å²) in [7, 11) is 1.60. The Hall–Kier alpha value is -3.57. The van der Waals surface area contributed by atoms with E-state index >= 15 is 0 Å². The number of nitrogens with zero attached hydrogens (tertiary/aromatic N) is 3. The van der Waals surface area contributed by atoms with E-state index in [2.05, 4.69) is 10.6 Å². The van der Waals surface area contributed by atoms with E-state index in [0.29, 0.717) is 53.1 Å². The normalized spacial score (nSPS) is 20.7. The Balaban J connectivity index is 1.50. The second-order valence-corrected chi connectivity index (χ2v) is 12.6. The number of hydrogen-bond acceptors (Lipinski definition) is 5. The van der Waals surface area contributed by atoms with Crippen LogP contribution in [0, 0.1) is 5.92 Å². The number of carbonyl (C=O) groups is 2. The molecule has 0 spiro atoms. The summed E-state index contributed by atoms with van der Waals surface area (Å²) in [6, 6.07) is 8.46. The van der Waals surface area contributed by atoms with Crippen LogP contribution in [0.4, 0.5) is 19.1 Å². The molecular weight excluding hydrogens is 630 g/mol. The molecule has 1 aliphatic heterocycles. The van der Waals surface area contributed by atoms with Gasteiger partial charge in [0.2, 0.25) is 11.9 Å². The van der Waals surface area contributed by atoms with Gasteiger partial charge in [-0.05, 0) is 81.8 Å². The molecule has 1 saturated carbocycles. The van der Waals surface area contributed by atoms with Gasteiger partial charge in [0.1, 0.15) is 0 Å². The zero-order valence-corrected chi connectivity index (χ0v) is 26.6. The third kappa shape index (κ3) is 6.84. The number of anilines is 1. The Morgan fingerprint density at radius 3 is 2.29 bits per heavy atom. The molecule has 0 saturated heterocycles. The molecular formula is C32H34Cl2F3N5O3. The summed E-state index contributed by atoms with van der Waals surface area (Å²) in [4.78, 5) is 46.5. The number of aromatic nitrogens is 2. The highest BCUT2D eigenvalue weighted by Crippen LogP contribution is 2.36. The minimum Gasteiger partial charge on any atom is -0.359 e. The SMILES string of the molecule is CNC(=O)[C@H]1CC[C@@H](n2c(N[C@@H](C)c3ccc(C(F)(F)F)cc3)nc3c(c2=O)C[C@@H](C)N(C(=O)c2ccc(Cl)c(Cl)c2)C3)CC1. The van der Waals surface area contributed by atoms with Crippen molar-refractivity contribution in [3.05, 3.63) is 90.8 Å². The third-order valence-electron chi connectivity index (χ3n) is 8.84. The minimum absolute atomic E-state index is 0.0285. The molecule has 2 amide bonds. The van der Waals surface area contributed by atoms with Gasteiger partial charge in [-0.15, -0.1) is 0 Å². The van der Waals surface area contributed by atoms with E-state index in [9.17, 15) is 27.6 Å². The van der Waals surface area contributed by atoms with E-state index in [0.717, 1.165) is 12.1 Å². The van der Waals surface area contributed by atoms with Gasteiger partial charge in [0.15, 0.2) is 0 Å². The summed E-state index contributed by atoms with van der Waals surface area (Å²) in [5, 5.41) is 6.55. The lowest BCUT2D eigenvalue weighted by Gasteiger charge is -2.36. The molecule has 2 atom stereocenters. The van der Waals surface area contributed by atoms with Crippen molar-refractivity contribution >= 4 is 41.0 Å². The Labute approximate surface area is 268 Å². The maximum atomic E-state index is 14.2. The molecule has 45 heavy (non-hydrogen) atoms. The fourth-order valence-electron chi connectivity index (χ4n) is 6.22. The highest BCUT2D eigenvalue weighted by molar-refractivity contribution is 6.42. The zero-order valence-electron chi connectivity index (χ0n) is 25.0. The molecule has 2 aliphatic rings. The fraction of sp³-hybridized carbons (Fsp3) is 0.438. The lowest BCUT2D eigenvalue weighted by Crippen LogP contribution is -2.46. The molecule has 2 aromatic carbocycles. The summed E-state index contributed by atoms with van der Waals surface area (Å²) in [5.74, 6) is -0.181. The van der Waals surface area contributed by atoms with Gasteiger partial charge in [0.25, 0.3) is 11.5 Å². The zero-order chi connectivity index (χ0) is 32.6. The van der Waals surface area contributed by atoms with E-state index in [4.69, 9.17) is 28.2 Å². The molecule has 5 rings (SSSR count). The van der Waals surface area contributed by atoms with Gasteiger partial charge in [0.05, 0.1) is 33.9 Å². The predicted molar refractivity (Wildman–Crippen MR) is 167 cm³/mol. The van der Waals surface area contributed by atoms with Gasteiger partial charge >= 0.3 is 6.18 Å². The topological polar surface area (TPSA) is 96.3 Å². The monoisotopic (exact) mass is 663 g/mol. The van der Waals surface area contributed by atoms with Crippen LogP contribution in [0.2, 0.25) is 10.0 Å². The van der Waals surface area contributed by atoms with Crippen molar-refractivity contribution in [3.8, 4) is 0 Å².